The van der Waals surface area contributed by atoms with E-state index in [9.17, 15) is 4.79 Å². The third kappa shape index (κ3) is 6.35. The standard InChI is InChI=1S/C15H22ClNO3/c1-5-6-12-9-11(10-13(16)17-12)14(18)19-7-8-20-15(2,3)4/h9-10H,5-8H2,1-4H3. The molecule has 0 atom stereocenters. The molecule has 0 aliphatic carbocycles. The van der Waals surface area contributed by atoms with Gasteiger partial charge in [0.05, 0.1) is 17.8 Å². The van der Waals surface area contributed by atoms with Gasteiger partial charge in [0.2, 0.25) is 0 Å². The lowest BCUT2D eigenvalue weighted by Gasteiger charge is -2.19. The van der Waals surface area contributed by atoms with Gasteiger partial charge in [-0.3, -0.25) is 0 Å². The molecular weight excluding hydrogens is 278 g/mol. The monoisotopic (exact) mass is 299 g/mol. The highest BCUT2D eigenvalue weighted by Gasteiger charge is 2.13. The third-order valence-electron chi connectivity index (χ3n) is 2.44. The number of rotatable bonds is 6. The van der Waals surface area contributed by atoms with Crippen molar-refractivity contribution in [2.45, 2.75) is 46.1 Å². The Kier molecular flexibility index (Phi) is 6.43. The van der Waals surface area contributed by atoms with Crippen LogP contribution in [0.15, 0.2) is 12.1 Å². The zero-order valence-corrected chi connectivity index (χ0v) is 13.3. The van der Waals surface area contributed by atoms with E-state index in [-0.39, 0.29) is 12.2 Å². The number of nitrogens with zero attached hydrogens (tertiary/aromatic N) is 1. The molecule has 5 heteroatoms. The zero-order valence-electron chi connectivity index (χ0n) is 12.5. The van der Waals surface area contributed by atoms with Gasteiger partial charge in [-0.05, 0) is 39.3 Å². The lowest BCUT2D eigenvalue weighted by molar-refractivity contribution is -0.0281. The van der Waals surface area contributed by atoms with Gasteiger partial charge in [0.1, 0.15) is 11.8 Å². The minimum Gasteiger partial charge on any atom is -0.460 e. The Balaban J connectivity index is 2.55. The molecule has 0 aliphatic heterocycles. The van der Waals surface area contributed by atoms with Crippen molar-refractivity contribution in [3.63, 3.8) is 0 Å². The van der Waals surface area contributed by atoms with Crippen LogP contribution in [0.4, 0.5) is 0 Å². The molecular formula is C15H22ClNO3. The van der Waals surface area contributed by atoms with E-state index >= 15 is 0 Å². The van der Waals surface area contributed by atoms with Gasteiger partial charge in [0.15, 0.2) is 0 Å². The molecule has 1 rings (SSSR count). The predicted octanol–water partition coefficient (Wildman–Crippen LogP) is 3.66. The first-order valence-corrected chi connectivity index (χ1v) is 7.17. The van der Waals surface area contributed by atoms with E-state index in [4.69, 9.17) is 21.1 Å². The van der Waals surface area contributed by atoms with Gasteiger partial charge in [-0.25, -0.2) is 9.78 Å². The van der Waals surface area contributed by atoms with Crippen LogP contribution in [-0.2, 0) is 15.9 Å². The number of aryl methyl sites for hydroxylation is 1. The molecule has 0 aliphatic rings. The molecule has 0 amide bonds. The van der Waals surface area contributed by atoms with Crippen LogP contribution >= 0.6 is 11.6 Å². The lowest BCUT2D eigenvalue weighted by atomic mass is 10.2. The molecule has 0 bridgehead atoms. The van der Waals surface area contributed by atoms with Gasteiger partial charge in [0.25, 0.3) is 0 Å². The fourth-order valence-electron chi connectivity index (χ4n) is 1.62. The highest BCUT2D eigenvalue weighted by atomic mass is 35.5. The number of hydrogen-bond donors (Lipinski definition) is 0. The molecule has 0 radical (unpaired) electrons. The summed E-state index contributed by atoms with van der Waals surface area (Å²) in [5.41, 5.74) is 1.00. The van der Waals surface area contributed by atoms with Crippen molar-refractivity contribution in [1.82, 2.24) is 4.98 Å². The molecule has 4 nitrogen and oxygen atoms in total. The number of carbonyl (C=O) groups is 1. The summed E-state index contributed by atoms with van der Waals surface area (Å²) in [6.45, 7) is 8.50. The summed E-state index contributed by atoms with van der Waals surface area (Å²) < 4.78 is 10.6. The molecule has 0 spiro atoms. The Hall–Kier alpha value is -1.13. The first kappa shape index (κ1) is 16.9. The second-order valence-electron chi connectivity index (χ2n) is 5.52. The average Bonchev–Trinajstić information content (AvgIpc) is 2.33. The number of carbonyl (C=O) groups excluding carboxylic acids is 1. The number of pyridine rings is 1. The molecule has 1 heterocycles. The van der Waals surface area contributed by atoms with Gasteiger partial charge in [-0.1, -0.05) is 24.9 Å². The first-order chi connectivity index (χ1) is 9.31. The lowest BCUT2D eigenvalue weighted by Crippen LogP contribution is -2.22. The Labute approximate surface area is 125 Å². The van der Waals surface area contributed by atoms with Crippen LogP contribution in [0.1, 0.15) is 50.2 Å². The van der Waals surface area contributed by atoms with Crippen molar-refractivity contribution in [3.8, 4) is 0 Å². The highest BCUT2D eigenvalue weighted by molar-refractivity contribution is 6.29. The summed E-state index contributed by atoms with van der Waals surface area (Å²) in [6, 6.07) is 3.25. The largest absolute Gasteiger partial charge is 0.460 e. The number of ether oxygens (including phenoxy) is 2. The topological polar surface area (TPSA) is 48.4 Å². The molecule has 0 aromatic carbocycles. The smallest absolute Gasteiger partial charge is 0.338 e. The quantitative estimate of drug-likeness (QED) is 0.457. The number of aromatic nitrogens is 1. The first-order valence-electron chi connectivity index (χ1n) is 6.79. The van der Waals surface area contributed by atoms with Crippen molar-refractivity contribution < 1.29 is 14.3 Å². The molecule has 112 valence electrons. The van der Waals surface area contributed by atoms with E-state index in [1.165, 1.54) is 6.07 Å². The molecule has 0 fully saturated rings. The summed E-state index contributed by atoms with van der Waals surface area (Å²) in [5, 5.41) is 0.314. The van der Waals surface area contributed by atoms with E-state index < -0.39 is 5.97 Å². The number of hydrogen-bond acceptors (Lipinski definition) is 4. The number of esters is 1. The molecule has 20 heavy (non-hydrogen) atoms. The minimum absolute atomic E-state index is 0.221. The van der Waals surface area contributed by atoms with E-state index in [1.54, 1.807) is 6.07 Å². The van der Waals surface area contributed by atoms with Crippen molar-refractivity contribution in [2.24, 2.45) is 0 Å². The maximum absolute atomic E-state index is 11.9. The SMILES string of the molecule is CCCc1cc(C(=O)OCCOC(C)(C)C)cc(Cl)n1. The van der Waals surface area contributed by atoms with Crippen LogP contribution in [0.5, 0.6) is 0 Å². The minimum atomic E-state index is -0.399. The van der Waals surface area contributed by atoms with Gasteiger partial charge in [-0.2, -0.15) is 0 Å². The molecule has 0 unspecified atom stereocenters. The van der Waals surface area contributed by atoms with E-state index in [0.717, 1.165) is 18.5 Å². The summed E-state index contributed by atoms with van der Waals surface area (Å²) in [5.74, 6) is -0.399. The number of halogens is 1. The van der Waals surface area contributed by atoms with E-state index in [2.05, 4.69) is 4.98 Å². The average molecular weight is 300 g/mol. The zero-order chi connectivity index (χ0) is 15.2. The van der Waals surface area contributed by atoms with Gasteiger partial charge < -0.3 is 9.47 Å². The fourth-order valence-corrected chi connectivity index (χ4v) is 1.84. The Morgan fingerprint density at radius 1 is 1.30 bits per heavy atom. The Bertz CT molecular complexity index is 455. The van der Waals surface area contributed by atoms with Crippen molar-refractivity contribution in [1.29, 1.82) is 0 Å². The predicted molar refractivity (Wildman–Crippen MR) is 79.2 cm³/mol. The second kappa shape index (κ2) is 7.60. The van der Waals surface area contributed by atoms with E-state index in [1.807, 2.05) is 27.7 Å². The molecule has 1 aromatic rings. The van der Waals surface area contributed by atoms with Crippen molar-refractivity contribution >= 4 is 17.6 Å². The maximum atomic E-state index is 11.9. The van der Waals surface area contributed by atoms with Gasteiger partial charge >= 0.3 is 5.97 Å². The highest BCUT2D eigenvalue weighted by Crippen LogP contribution is 2.13. The van der Waals surface area contributed by atoms with Crippen molar-refractivity contribution in [3.05, 3.63) is 28.5 Å². The van der Waals surface area contributed by atoms with Gasteiger partial charge in [-0.15, -0.1) is 0 Å². The Morgan fingerprint density at radius 3 is 2.60 bits per heavy atom. The van der Waals surface area contributed by atoms with Crippen LogP contribution < -0.4 is 0 Å². The fraction of sp³-hybridized carbons (Fsp3) is 0.600. The van der Waals surface area contributed by atoms with Crippen LogP contribution in [0, 0.1) is 0 Å². The molecule has 0 N–H and O–H groups in total. The summed E-state index contributed by atoms with van der Waals surface area (Å²) in [4.78, 5) is 16.1. The second-order valence-corrected chi connectivity index (χ2v) is 5.90. The summed E-state index contributed by atoms with van der Waals surface area (Å²) >= 11 is 5.91. The van der Waals surface area contributed by atoms with Crippen molar-refractivity contribution in [2.75, 3.05) is 13.2 Å². The van der Waals surface area contributed by atoms with Crippen LogP contribution in [0.3, 0.4) is 0 Å². The van der Waals surface area contributed by atoms with Crippen LogP contribution in [0.2, 0.25) is 5.15 Å². The van der Waals surface area contributed by atoms with E-state index in [0.29, 0.717) is 17.3 Å². The summed E-state index contributed by atoms with van der Waals surface area (Å²) in [6.07, 6.45) is 1.73. The van der Waals surface area contributed by atoms with Crippen LogP contribution in [-0.4, -0.2) is 29.8 Å². The molecule has 0 saturated carbocycles. The third-order valence-corrected chi connectivity index (χ3v) is 2.63. The normalized spacial score (nSPS) is 11.4. The Morgan fingerprint density at radius 2 is 2.00 bits per heavy atom. The summed E-state index contributed by atoms with van der Waals surface area (Å²) in [7, 11) is 0. The van der Waals surface area contributed by atoms with Gasteiger partial charge in [0, 0.05) is 5.69 Å². The van der Waals surface area contributed by atoms with Crippen LogP contribution in [0.25, 0.3) is 0 Å². The molecule has 0 saturated heterocycles. The maximum Gasteiger partial charge on any atom is 0.338 e. The molecule has 1 aromatic heterocycles.